The fourth-order valence-corrected chi connectivity index (χ4v) is 5.45. The number of carbonyl (C=O) groups excluding carboxylic acids is 1. The van der Waals surface area contributed by atoms with E-state index in [0.29, 0.717) is 24.3 Å². The zero-order valence-electron chi connectivity index (χ0n) is 19.5. The molecule has 3 aromatic carbocycles. The quantitative estimate of drug-likeness (QED) is 0.336. The molecular weight excluding hydrogens is 440 g/mol. The monoisotopic (exact) mass is 468 g/mol. The second kappa shape index (κ2) is 8.78. The predicted octanol–water partition coefficient (Wildman–Crippen LogP) is 5.18. The maximum atomic E-state index is 13.8. The summed E-state index contributed by atoms with van der Waals surface area (Å²) in [5.74, 6) is 1.04. The molecule has 0 saturated carbocycles. The Balaban J connectivity index is 1.29. The highest BCUT2D eigenvalue weighted by molar-refractivity contribution is 6.21. The van der Waals surface area contributed by atoms with Crippen molar-refractivity contribution in [2.75, 3.05) is 26.2 Å². The van der Waals surface area contributed by atoms with Crippen LogP contribution in [0.15, 0.2) is 60.7 Å². The molecule has 0 aliphatic carbocycles. The van der Waals surface area contributed by atoms with Crippen molar-refractivity contribution in [3.8, 4) is 28.5 Å². The number of phenolic OH excluding ortho intramolecular Hbond substituents is 2. The van der Waals surface area contributed by atoms with Crippen LogP contribution < -0.4 is 4.74 Å². The molecule has 1 aromatic heterocycles. The number of aromatic nitrogens is 1. The molecule has 4 aromatic rings. The highest BCUT2D eigenvalue weighted by atomic mass is 16.5. The third-order valence-corrected chi connectivity index (χ3v) is 7.19. The van der Waals surface area contributed by atoms with Crippen molar-refractivity contribution in [1.29, 1.82) is 0 Å². The standard InChI is InChI=1S/C29H28N2O4/c32-21-6-10-24-20(16-21)18-31-26-17-22(33)7-11-25(26)27(28(24)31)29(34)19-4-8-23(9-5-19)35-15-14-30-12-2-1-3-13-30/h4-11,16-17,32-33H,1-3,12-15,18H2. The molecule has 6 nitrogen and oxygen atoms in total. The van der Waals surface area contributed by atoms with Gasteiger partial charge in [-0.25, -0.2) is 0 Å². The van der Waals surface area contributed by atoms with E-state index in [-0.39, 0.29) is 17.3 Å². The van der Waals surface area contributed by atoms with E-state index in [1.54, 1.807) is 30.3 Å². The molecule has 0 unspecified atom stereocenters. The number of likely N-dealkylation sites (tertiary alicyclic amines) is 1. The Morgan fingerprint density at radius 1 is 0.886 bits per heavy atom. The number of ether oxygens (including phenoxy) is 1. The SMILES string of the molecule is O=C(c1ccc(OCCN2CCCCC2)cc1)c1c2n(c3cc(O)ccc13)Cc1cc(O)ccc1-2. The van der Waals surface area contributed by atoms with E-state index < -0.39 is 0 Å². The number of ketones is 1. The van der Waals surface area contributed by atoms with Crippen LogP contribution in [0.3, 0.4) is 0 Å². The number of hydrogen-bond donors (Lipinski definition) is 2. The van der Waals surface area contributed by atoms with Crippen molar-refractivity contribution in [3.05, 3.63) is 77.4 Å². The predicted molar refractivity (Wildman–Crippen MR) is 135 cm³/mol. The van der Waals surface area contributed by atoms with Crippen LogP contribution in [0, 0.1) is 0 Å². The van der Waals surface area contributed by atoms with E-state index in [4.69, 9.17) is 4.74 Å². The van der Waals surface area contributed by atoms with Crippen molar-refractivity contribution < 1.29 is 19.7 Å². The van der Waals surface area contributed by atoms with Crippen molar-refractivity contribution in [3.63, 3.8) is 0 Å². The first-order valence-corrected chi connectivity index (χ1v) is 12.3. The van der Waals surface area contributed by atoms with Gasteiger partial charge in [0.05, 0.1) is 16.8 Å². The molecule has 0 bridgehead atoms. The molecule has 6 heteroatoms. The molecule has 178 valence electrons. The fraction of sp³-hybridized carbons (Fsp3) is 0.276. The minimum atomic E-state index is -0.0739. The zero-order chi connectivity index (χ0) is 23.9. The first kappa shape index (κ1) is 21.7. The maximum absolute atomic E-state index is 13.8. The molecule has 2 N–H and O–H groups in total. The number of nitrogens with zero attached hydrogens (tertiary/aromatic N) is 2. The molecular formula is C29H28N2O4. The molecule has 2 aliphatic heterocycles. The Bertz CT molecular complexity index is 1420. The Morgan fingerprint density at radius 3 is 2.43 bits per heavy atom. The van der Waals surface area contributed by atoms with E-state index in [1.165, 1.54) is 19.3 Å². The molecule has 0 radical (unpaired) electrons. The molecule has 0 spiro atoms. The molecule has 0 amide bonds. The van der Waals surface area contributed by atoms with Gasteiger partial charge in [0, 0.05) is 35.7 Å². The summed E-state index contributed by atoms with van der Waals surface area (Å²) < 4.78 is 7.99. The number of hydrogen-bond acceptors (Lipinski definition) is 5. The number of carbonyl (C=O) groups is 1. The van der Waals surface area contributed by atoms with Crippen molar-refractivity contribution in [1.82, 2.24) is 9.47 Å². The summed E-state index contributed by atoms with van der Waals surface area (Å²) in [7, 11) is 0. The number of fused-ring (bicyclic) bond motifs is 5. The van der Waals surface area contributed by atoms with E-state index in [0.717, 1.165) is 53.1 Å². The molecule has 1 fully saturated rings. The lowest BCUT2D eigenvalue weighted by molar-refractivity contribution is 0.104. The lowest BCUT2D eigenvalue weighted by Crippen LogP contribution is -2.33. The van der Waals surface area contributed by atoms with Crippen LogP contribution >= 0.6 is 0 Å². The van der Waals surface area contributed by atoms with Gasteiger partial charge in [0.2, 0.25) is 0 Å². The second-order valence-corrected chi connectivity index (χ2v) is 9.46. The third-order valence-electron chi connectivity index (χ3n) is 7.19. The van der Waals surface area contributed by atoms with Crippen LogP contribution in [0.25, 0.3) is 22.2 Å². The van der Waals surface area contributed by atoms with Crippen LogP contribution in [-0.4, -0.2) is 51.7 Å². The van der Waals surface area contributed by atoms with E-state index >= 15 is 0 Å². The maximum Gasteiger partial charge on any atom is 0.195 e. The van der Waals surface area contributed by atoms with Gasteiger partial charge in [0.1, 0.15) is 23.9 Å². The van der Waals surface area contributed by atoms with Crippen molar-refractivity contribution in [2.45, 2.75) is 25.8 Å². The molecule has 3 heterocycles. The van der Waals surface area contributed by atoms with Gasteiger partial charge in [0.25, 0.3) is 0 Å². The van der Waals surface area contributed by atoms with Gasteiger partial charge >= 0.3 is 0 Å². The highest BCUT2D eigenvalue weighted by Crippen LogP contribution is 2.43. The summed E-state index contributed by atoms with van der Waals surface area (Å²) in [6.07, 6.45) is 3.85. The Labute approximate surface area is 204 Å². The van der Waals surface area contributed by atoms with Gasteiger partial charge < -0.3 is 19.5 Å². The van der Waals surface area contributed by atoms with Gasteiger partial charge in [-0.15, -0.1) is 0 Å². The van der Waals surface area contributed by atoms with Crippen LogP contribution in [-0.2, 0) is 6.54 Å². The number of aromatic hydroxyl groups is 2. The first-order valence-electron chi connectivity index (χ1n) is 12.3. The first-order chi connectivity index (χ1) is 17.1. The van der Waals surface area contributed by atoms with Crippen LogP contribution in [0.2, 0.25) is 0 Å². The van der Waals surface area contributed by atoms with E-state index in [2.05, 4.69) is 4.90 Å². The molecule has 1 saturated heterocycles. The fourth-order valence-electron chi connectivity index (χ4n) is 5.45. The largest absolute Gasteiger partial charge is 0.508 e. The zero-order valence-corrected chi connectivity index (χ0v) is 19.5. The lowest BCUT2D eigenvalue weighted by Gasteiger charge is -2.26. The smallest absolute Gasteiger partial charge is 0.195 e. The Kier molecular flexibility index (Phi) is 5.46. The summed E-state index contributed by atoms with van der Waals surface area (Å²) in [5.41, 5.74) is 4.72. The van der Waals surface area contributed by atoms with Gasteiger partial charge in [-0.3, -0.25) is 9.69 Å². The summed E-state index contributed by atoms with van der Waals surface area (Å²) in [5, 5.41) is 20.9. The third kappa shape index (κ3) is 3.94. The Hall–Kier alpha value is -3.77. The second-order valence-electron chi connectivity index (χ2n) is 9.46. The minimum absolute atomic E-state index is 0.0739. The van der Waals surface area contributed by atoms with Crippen LogP contribution in [0.4, 0.5) is 0 Å². The van der Waals surface area contributed by atoms with Gasteiger partial charge in [-0.05, 0) is 86.1 Å². The molecule has 6 rings (SSSR count). The van der Waals surface area contributed by atoms with E-state index in [9.17, 15) is 15.0 Å². The molecule has 2 aliphatic rings. The van der Waals surface area contributed by atoms with Gasteiger partial charge in [0.15, 0.2) is 5.78 Å². The normalized spacial score (nSPS) is 15.2. The number of benzene rings is 3. The van der Waals surface area contributed by atoms with Crippen molar-refractivity contribution >= 4 is 16.7 Å². The molecule has 0 atom stereocenters. The van der Waals surface area contributed by atoms with E-state index in [1.807, 2.05) is 34.9 Å². The topological polar surface area (TPSA) is 74.9 Å². The number of piperidine rings is 1. The Morgan fingerprint density at radius 2 is 1.63 bits per heavy atom. The van der Waals surface area contributed by atoms with Crippen LogP contribution in [0.5, 0.6) is 17.2 Å². The minimum Gasteiger partial charge on any atom is -0.508 e. The highest BCUT2D eigenvalue weighted by Gasteiger charge is 2.30. The summed E-state index contributed by atoms with van der Waals surface area (Å²) >= 11 is 0. The molecule has 35 heavy (non-hydrogen) atoms. The average Bonchev–Trinajstić information content (AvgIpc) is 3.38. The summed E-state index contributed by atoms with van der Waals surface area (Å²) in [6, 6.07) is 17.7. The summed E-state index contributed by atoms with van der Waals surface area (Å²) in [6.45, 7) is 4.39. The average molecular weight is 469 g/mol. The van der Waals surface area contributed by atoms with Crippen LogP contribution in [0.1, 0.15) is 40.7 Å². The number of rotatable bonds is 6. The number of phenols is 2. The lowest BCUT2D eigenvalue weighted by atomic mass is 9.96. The van der Waals surface area contributed by atoms with Crippen molar-refractivity contribution in [2.24, 2.45) is 0 Å². The summed E-state index contributed by atoms with van der Waals surface area (Å²) in [4.78, 5) is 16.2. The van der Waals surface area contributed by atoms with Gasteiger partial charge in [-0.2, -0.15) is 0 Å². The van der Waals surface area contributed by atoms with Gasteiger partial charge in [-0.1, -0.05) is 6.42 Å².